The minimum Gasteiger partial charge on any atom is -0.382 e. The lowest BCUT2D eigenvalue weighted by molar-refractivity contribution is 0.0316. The third kappa shape index (κ3) is 3.97. The molecule has 0 saturated carbocycles. The fourth-order valence-electron chi connectivity index (χ4n) is 1.04. The van der Waals surface area contributed by atoms with Crippen molar-refractivity contribution in [2.75, 3.05) is 39.7 Å². The summed E-state index contributed by atoms with van der Waals surface area (Å²) in [7, 11) is 3.36. The summed E-state index contributed by atoms with van der Waals surface area (Å²) in [4.78, 5) is 4.27. The normalized spacial score (nSPS) is 18.5. The Hall–Kier alpha value is -0.260. The van der Waals surface area contributed by atoms with E-state index in [9.17, 15) is 0 Å². The topological polar surface area (TPSA) is 42.8 Å². The van der Waals surface area contributed by atoms with E-state index in [1.54, 1.807) is 26.0 Å². The maximum Gasteiger partial charge on any atom is 0.156 e. The van der Waals surface area contributed by atoms with Crippen LogP contribution >= 0.6 is 11.8 Å². The molecule has 0 aromatic heterocycles. The van der Waals surface area contributed by atoms with Gasteiger partial charge in [-0.1, -0.05) is 11.8 Å². The summed E-state index contributed by atoms with van der Waals surface area (Å²) < 4.78 is 10.2. The first kappa shape index (κ1) is 10.8. The number of aliphatic imine (C=N–C) groups is 1. The zero-order valence-electron chi connectivity index (χ0n) is 8.08. The molecule has 0 saturated heterocycles. The van der Waals surface area contributed by atoms with E-state index in [0.717, 1.165) is 24.0 Å². The Labute approximate surface area is 83.1 Å². The third-order valence-electron chi connectivity index (χ3n) is 1.75. The molecule has 1 atom stereocenters. The number of amidine groups is 1. The summed E-state index contributed by atoms with van der Waals surface area (Å²) in [6.07, 6.45) is 0.105. The van der Waals surface area contributed by atoms with Crippen LogP contribution in [0.5, 0.6) is 0 Å². The Morgan fingerprint density at radius 1 is 1.62 bits per heavy atom. The average molecular weight is 204 g/mol. The van der Waals surface area contributed by atoms with Gasteiger partial charge in [0.1, 0.15) is 0 Å². The van der Waals surface area contributed by atoms with Gasteiger partial charge in [-0.25, -0.2) is 0 Å². The number of nitrogens with one attached hydrogen (secondary N) is 1. The molecule has 5 heteroatoms. The average Bonchev–Trinajstić information content (AvgIpc) is 2.64. The van der Waals surface area contributed by atoms with Crippen LogP contribution in [-0.4, -0.2) is 50.9 Å². The van der Waals surface area contributed by atoms with E-state index in [-0.39, 0.29) is 6.10 Å². The molecule has 0 radical (unpaired) electrons. The quantitative estimate of drug-likeness (QED) is 0.701. The zero-order valence-corrected chi connectivity index (χ0v) is 8.89. The fraction of sp³-hybridized carbons (Fsp3) is 0.875. The van der Waals surface area contributed by atoms with Gasteiger partial charge in [0, 0.05) is 26.5 Å². The Morgan fingerprint density at radius 3 is 3.00 bits per heavy atom. The highest BCUT2D eigenvalue weighted by Gasteiger charge is 2.10. The van der Waals surface area contributed by atoms with Gasteiger partial charge in [-0.05, 0) is 0 Å². The number of rotatable bonds is 5. The van der Waals surface area contributed by atoms with Crippen LogP contribution in [0.25, 0.3) is 0 Å². The number of nitrogens with zero attached hydrogens (tertiary/aromatic N) is 1. The van der Waals surface area contributed by atoms with E-state index in [0.29, 0.717) is 6.61 Å². The molecule has 1 unspecified atom stereocenters. The highest BCUT2D eigenvalue weighted by molar-refractivity contribution is 8.14. The molecule has 1 heterocycles. The standard InChI is InChI=1S/C8H16N2O2S/c1-11-6-7(12-2)5-10-8-9-3-4-13-8/h7H,3-6H2,1-2H3,(H,9,10). The summed E-state index contributed by atoms with van der Waals surface area (Å²) in [6, 6.07) is 0. The molecule has 0 spiro atoms. The molecule has 1 aliphatic rings. The van der Waals surface area contributed by atoms with Crippen LogP contribution in [0.15, 0.2) is 4.99 Å². The highest BCUT2D eigenvalue weighted by atomic mass is 32.2. The van der Waals surface area contributed by atoms with E-state index < -0.39 is 0 Å². The second kappa shape index (κ2) is 6.23. The first-order valence-corrected chi connectivity index (χ1v) is 5.28. The van der Waals surface area contributed by atoms with E-state index in [2.05, 4.69) is 10.3 Å². The van der Waals surface area contributed by atoms with Crippen LogP contribution < -0.4 is 5.32 Å². The van der Waals surface area contributed by atoms with Crippen LogP contribution in [-0.2, 0) is 9.47 Å². The van der Waals surface area contributed by atoms with Crippen molar-refractivity contribution >= 4 is 16.9 Å². The number of thioether (sulfide) groups is 1. The van der Waals surface area contributed by atoms with E-state index in [1.165, 1.54) is 0 Å². The molecule has 0 aliphatic carbocycles. The predicted molar refractivity (Wildman–Crippen MR) is 55.4 cm³/mol. The number of ether oxygens (including phenoxy) is 2. The molecule has 0 aromatic carbocycles. The molecule has 1 N–H and O–H groups in total. The predicted octanol–water partition coefficient (Wildman–Crippen LogP) is 0.340. The second-order valence-corrected chi connectivity index (χ2v) is 3.81. The largest absolute Gasteiger partial charge is 0.382 e. The molecule has 0 aromatic rings. The summed E-state index contributed by atoms with van der Waals surface area (Å²) >= 11 is 1.76. The van der Waals surface area contributed by atoms with Crippen molar-refractivity contribution in [1.29, 1.82) is 0 Å². The smallest absolute Gasteiger partial charge is 0.156 e. The summed E-state index contributed by atoms with van der Waals surface area (Å²) in [6.45, 7) is 2.30. The van der Waals surface area contributed by atoms with Crippen molar-refractivity contribution in [3.8, 4) is 0 Å². The minimum absolute atomic E-state index is 0.105. The Kier molecular flexibility index (Phi) is 5.19. The van der Waals surface area contributed by atoms with Crippen LogP contribution in [0.4, 0.5) is 0 Å². The van der Waals surface area contributed by atoms with Crippen molar-refractivity contribution in [3.63, 3.8) is 0 Å². The summed E-state index contributed by atoms with van der Waals surface area (Å²) in [5, 5.41) is 4.25. The fourth-order valence-corrected chi connectivity index (χ4v) is 1.78. The van der Waals surface area contributed by atoms with Crippen molar-refractivity contribution in [1.82, 2.24) is 5.32 Å². The monoisotopic (exact) mass is 204 g/mol. The Balaban J connectivity index is 2.14. The SMILES string of the molecule is COCC(CNC1=NCCS1)OC. The van der Waals surface area contributed by atoms with Crippen molar-refractivity contribution < 1.29 is 9.47 Å². The van der Waals surface area contributed by atoms with Gasteiger partial charge in [0.25, 0.3) is 0 Å². The molecule has 0 bridgehead atoms. The van der Waals surface area contributed by atoms with Crippen molar-refractivity contribution in [3.05, 3.63) is 0 Å². The lowest BCUT2D eigenvalue weighted by Gasteiger charge is -2.15. The lowest BCUT2D eigenvalue weighted by atomic mass is 10.4. The van der Waals surface area contributed by atoms with Crippen LogP contribution in [0.2, 0.25) is 0 Å². The number of methoxy groups -OCH3 is 2. The molecule has 4 nitrogen and oxygen atoms in total. The van der Waals surface area contributed by atoms with E-state index in [1.807, 2.05) is 0 Å². The van der Waals surface area contributed by atoms with Gasteiger partial charge in [-0.2, -0.15) is 0 Å². The van der Waals surface area contributed by atoms with Crippen LogP contribution in [0.1, 0.15) is 0 Å². The summed E-state index contributed by atoms with van der Waals surface area (Å²) in [5.74, 6) is 1.09. The first-order valence-electron chi connectivity index (χ1n) is 4.29. The Bertz CT molecular complexity index is 176. The maximum atomic E-state index is 5.20. The van der Waals surface area contributed by atoms with Crippen LogP contribution in [0, 0.1) is 0 Å². The van der Waals surface area contributed by atoms with Crippen molar-refractivity contribution in [2.45, 2.75) is 6.10 Å². The molecular weight excluding hydrogens is 188 g/mol. The second-order valence-electron chi connectivity index (χ2n) is 2.73. The first-order chi connectivity index (χ1) is 6.36. The van der Waals surface area contributed by atoms with Gasteiger partial charge in [0.05, 0.1) is 19.3 Å². The number of hydrogen-bond donors (Lipinski definition) is 1. The number of hydrogen-bond acceptors (Lipinski definition) is 5. The molecule has 13 heavy (non-hydrogen) atoms. The zero-order chi connectivity index (χ0) is 9.52. The molecule has 0 fully saturated rings. The van der Waals surface area contributed by atoms with Crippen molar-refractivity contribution in [2.24, 2.45) is 4.99 Å². The van der Waals surface area contributed by atoms with Gasteiger partial charge >= 0.3 is 0 Å². The van der Waals surface area contributed by atoms with Gasteiger partial charge in [0.2, 0.25) is 0 Å². The van der Waals surface area contributed by atoms with Gasteiger partial charge < -0.3 is 14.8 Å². The molecular formula is C8H16N2O2S. The maximum absolute atomic E-state index is 5.20. The molecule has 76 valence electrons. The minimum atomic E-state index is 0.105. The van der Waals surface area contributed by atoms with Gasteiger partial charge in [-0.15, -0.1) is 0 Å². The molecule has 1 rings (SSSR count). The highest BCUT2D eigenvalue weighted by Crippen LogP contribution is 2.08. The summed E-state index contributed by atoms with van der Waals surface area (Å²) in [5.41, 5.74) is 0. The third-order valence-corrected chi connectivity index (χ3v) is 2.69. The van der Waals surface area contributed by atoms with Gasteiger partial charge in [-0.3, -0.25) is 4.99 Å². The van der Waals surface area contributed by atoms with Crippen LogP contribution in [0.3, 0.4) is 0 Å². The lowest BCUT2D eigenvalue weighted by Crippen LogP contribution is -2.33. The van der Waals surface area contributed by atoms with E-state index >= 15 is 0 Å². The Morgan fingerprint density at radius 2 is 2.46 bits per heavy atom. The molecule has 0 amide bonds. The molecule has 1 aliphatic heterocycles. The van der Waals surface area contributed by atoms with E-state index in [4.69, 9.17) is 9.47 Å². The van der Waals surface area contributed by atoms with Gasteiger partial charge in [0.15, 0.2) is 5.17 Å².